The molecule has 1 rings (SSSR count). The van der Waals surface area contributed by atoms with Crippen molar-refractivity contribution in [2.24, 2.45) is 0 Å². The average Bonchev–Trinajstić information content (AvgIpc) is 1.94. The summed E-state index contributed by atoms with van der Waals surface area (Å²) in [6.45, 7) is 4.39. The highest BCUT2D eigenvalue weighted by atomic mass is 79.9. The fraction of sp³-hybridized carbons (Fsp3) is 1.00. The molecule has 0 bridgehead atoms. The maximum absolute atomic E-state index is 3.35. The molecular formula is C4H8BrN. The quantitative estimate of drug-likeness (QED) is 0.372. The minimum Gasteiger partial charge on any atom is -0.234 e. The molecule has 0 aromatic rings. The van der Waals surface area contributed by atoms with E-state index in [2.05, 4.69) is 33.9 Å². The molecular weight excluding hydrogens is 142 g/mol. The molecule has 2 heteroatoms. The Morgan fingerprint density at radius 1 is 1.33 bits per heavy atom. The van der Waals surface area contributed by atoms with Gasteiger partial charge in [0.2, 0.25) is 0 Å². The van der Waals surface area contributed by atoms with Crippen LogP contribution in [0.2, 0.25) is 0 Å². The smallest absolute Gasteiger partial charge is 0.0343 e. The standard InChI is InChI=1S/C4H8BrN/c1-3-4(2)6(3)5/h3-4H,1-2H3. The van der Waals surface area contributed by atoms with Crippen LogP contribution in [-0.4, -0.2) is 16.0 Å². The summed E-state index contributed by atoms with van der Waals surface area (Å²) in [5, 5.41) is 0. The highest BCUT2D eigenvalue weighted by Gasteiger charge is 2.37. The van der Waals surface area contributed by atoms with E-state index in [9.17, 15) is 0 Å². The van der Waals surface area contributed by atoms with E-state index in [1.807, 2.05) is 0 Å². The van der Waals surface area contributed by atoms with Gasteiger partial charge in [-0.3, -0.25) is 0 Å². The van der Waals surface area contributed by atoms with Crippen LogP contribution in [0.4, 0.5) is 0 Å². The van der Waals surface area contributed by atoms with Gasteiger partial charge in [-0.25, -0.2) is 3.93 Å². The van der Waals surface area contributed by atoms with Crippen LogP contribution >= 0.6 is 16.1 Å². The van der Waals surface area contributed by atoms with Gasteiger partial charge >= 0.3 is 0 Å². The number of rotatable bonds is 0. The topological polar surface area (TPSA) is 3.01 Å². The predicted octanol–water partition coefficient (Wildman–Crippen LogP) is 1.39. The predicted molar refractivity (Wildman–Crippen MR) is 29.7 cm³/mol. The lowest BCUT2D eigenvalue weighted by Gasteiger charge is -1.73. The second kappa shape index (κ2) is 1.20. The lowest BCUT2D eigenvalue weighted by Crippen LogP contribution is -1.74. The van der Waals surface area contributed by atoms with Crippen molar-refractivity contribution in [3.63, 3.8) is 0 Å². The molecule has 0 saturated carbocycles. The van der Waals surface area contributed by atoms with E-state index >= 15 is 0 Å². The summed E-state index contributed by atoms with van der Waals surface area (Å²) >= 11 is 3.35. The zero-order valence-electron chi connectivity index (χ0n) is 3.98. The maximum atomic E-state index is 3.35. The second-order valence-corrected chi connectivity index (χ2v) is 2.64. The Kier molecular flexibility index (Phi) is 0.922. The Morgan fingerprint density at radius 2 is 1.50 bits per heavy atom. The van der Waals surface area contributed by atoms with Crippen LogP contribution in [0.25, 0.3) is 0 Å². The molecule has 1 nitrogen and oxygen atoms in total. The zero-order valence-corrected chi connectivity index (χ0v) is 5.57. The molecule has 1 saturated heterocycles. The number of hydrogen-bond acceptors (Lipinski definition) is 1. The lowest BCUT2D eigenvalue weighted by molar-refractivity contribution is 0.842. The van der Waals surface area contributed by atoms with E-state index < -0.39 is 0 Å². The lowest BCUT2D eigenvalue weighted by atomic mass is 10.4. The number of nitrogens with zero attached hydrogens (tertiary/aromatic N) is 1. The van der Waals surface area contributed by atoms with Gasteiger partial charge in [0.25, 0.3) is 0 Å². The summed E-state index contributed by atoms with van der Waals surface area (Å²) in [4.78, 5) is 0. The van der Waals surface area contributed by atoms with E-state index in [4.69, 9.17) is 0 Å². The van der Waals surface area contributed by atoms with Gasteiger partial charge in [-0.15, -0.1) is 0 Å². The first kappa shape index (κ1) is 4.60. The van der Waals surface area contributed by atoms with Crippen LogP contribution in [-0.2, 0) is 0 Å². The molecule has 0 radical (unpaired) electrons. The highest BCUT2D eigenvalue weighted by Crippen LogP contribution is 2.30. The molecule has 6 heavy (non-hydrogen) atoms. The van der Waals surface area contributed by atoms with Crippen LogP contribution < -0.4 is 0 Å². The summed E-state index contributed by atoms with van der Waals surface area (Å²) in [5.74, 6) is 0. The fourth-order valence-electron chi connectivity index (χ4n) is 0.459. The van der Waals surface area contributed by atoms with Gasteiger partial charge in [0.1, 0.15) is 0 Å². The molecule has 36 valence electrons. The van der Waals surface area contributed by atoms with Gasteiger partial charge in [-0.05, 0) is 13.8 Å². The number of hydrogen-bond donors (Lipinski definition) is 0. The minimum atomic E-state index is 0.769. The van der Waals surface area contributed by atoms with Gasteiger partial charge in [-0.1, -0.05) is 0 Å². The molecule has 2 atom stereocenters. The van der Waals surface area contributed by atoms with Crippen molar-refractivity contribution < 1.29 is 0 Å². The monoisotopic (exact) mass is 149 g/mol. The molecule has 1 aliphatic heterocycles. The molecule has 0 aromatic carbocycles. The van der Waals surface area contributed by atoms with Gasteiger partial charge in [0.05, 0.1) is 0 Å². The summed E-state index contributed by atoms with van der Waals surface area (Å²) in [5.41, 5.74) is 0. The van der Waals surface area contributed by atoms with Crippen LogP contribution in [0.3, 0.4) is 0 Å². The Morgan fingerprint density at radius 3 is 1.50 bits per heavy atom. The van der Waals surface area contributed by atoms with Gasteiger partial charge in [-0.2, -0.15) is 0 Å². The third kappa shape index (κ3) is 0.482. The summed E-state index contributed by atoms with van der Waals surface area (Å²) in [6.07, 6.45) is 0. The Hall–Kier alpha value is 0.440. The molecule has 2 unspecified atom stereocenters. The molecule has 1 fully saturated rings. The largest absolute Gasteiger partial charge is 0.234 e. The van der Waals surface area contributed by atoms with Crippen LogP contribution in [0.5, 0.6) is 0 Å². The van der Waals surface area contributed by atoms with Crippen molar-refractivity contribution in [3.8, 4) is 0 Å². The molecule has 0 aromatic heterocycles. The highest BCUT2D eigenvalue weighted by molar-refractivity contribution is 9.07. The third-order valence-electron chi connectivity index (χ3n) is 1.39. The van der Waals surface area contributed by atoms with Crippen molar-refractivity contribution in [3.05, 3.63) is 0 Å². The first-order chi connectivity index (χ1) is 2.73. The van der Waals surface area contributed by atoms with Crippen LogP contribution in [0.15, 0.2) is 0 Å². The molecule has 0 amide bonds. The maximum Gasteiger partial charge on any atom is 0.0343 e. The third-order valence-corrected chi connectivity index (χ3v) is 2.68. The van der Waals surface area contributed by atoms with Gasteiger partial charge in [0, 0.05) is 28.2 Å². The molecule has 0 N–H and O–H groups in total. The van der Waals surface area contributed by atoms with E-state index in [-0.39, 0.29) is 0 Å². The van der Waals surface area contributed by atoms with E-state index in [1.165, 1.54) is 0 Å². The SMILES string of the molecule is CC1C(C)N1Br. The van der Waals surface area contributed by atoms with E-state index in [0.29, 0.717) is 0 Å². The fourth-order valence-corrected chi connectivity index (χ4v) is 1.04. The Labute approximate surface area is 46.7 Å². The van der Waals surface area contributed by atoms with Crippen molar-refractivity contribution >= 4 is 16.1 Å². The van der Waals surface area contributed by atoms with E-state index in [1.54, 1.807) is 0 Å². The Bertz CT molecular complexity index is 44.3. The molecule has 0 aliphatic carbocycles. The first-order valence-electron chi connectivity index (χ1n) is 2.17. The van der Waals surface area contributed by atoms with Crippen molar-refractivity contribution in [2.75, 3.05) is 0 Å². The van der Waals surface area contributed by atoms with Crippen molar-refractivity contribution in [1.29, 1.82) is 0 Å². The zero-order chi connectivity index (χ0) is 4.73. The normalized spacial score (nSPS) is 55.5. The van der Waals surface area contributed by atoms with Crippen LogP contribution in [0.1, 0.15) is 13.8 Å². The second-order valence-electron chi connectivity index (χ2n) is 1.83. The molecule has 1 aliphatic rings. The summed E-state index contributed by atoms with van der Waals surface area (Å²) in [7, 11) is 0. The molecule has 0 spiro atoms. The summed E-state index contributed by atoms with van der Waals surface area (Å²) < 4.78 is 2.15. The first-order valence-corrected chi connectivity index (χ1v) is 2.88. The van der Waals surface area contributed by atoms with Crippen molar-refractivity contribution in [1.82, 2.24) is 3.93 Å². The minimum absolute atomic E-state index is 0.769. The average molecular weight is 150 g/mol. The van der Waals surface area contributed by atoms with Crippen molar-refractivity contribution in [2.45, 2.75) is 25.9 Å². The van der Waals surface area contributed by atoms with Gasteiger partial charge in [0.15, 0.2) is 0 Å². The van der Waals surface area contributed by atoms with Gasteiger partial charge < -0.3 is 0 Å². The number of halogens is 1. The van der Waals surface area contributed by atoms with E-state index in [0.717, 1.165) is 12.1 Å². The summed E-state index contributed by atoms with van der Waals surface area (Å²) in [6, 6.07) is 1.54. The molecule has 1 heterocycles. The van der Waals surface area contributed by atoms with Crippen LogP contribution in [0, 0.1) is 0 Å². The Balaban J connectivity index is 2.31.